The molecule has 0 heteroatoms. The molecular weight excluding hydrogens is 300 g/mol. The Morgan fingerprint density at radius 1 is 0.960 bits per heavy atom. The minimum absolute atomic E-state index is 0.590. The summed E-state index contributed by atoms with van der Waals surface area (Å²) in [7, 11) is 0. The van der Waals surface area contributed by atoms with Crippen molar-refractivity contribution in [3.63, 3.8) is 0 Å². The molecule has 1 unspecified atom stereocenters. The molecule has 3 rings (SSSR count). The molecular formula is C25H30. The fourth-order valence-electron chi connectivity index (χ4n) is 4.11. The van der Waals surface area contributed by atoms with Gasteiger partial charge in [0, 0.05) is 0 Å². The number of hydrogen-bond acceptors (Lipinski definition) is 0. The van der Waals surface area contributed by atoms with Crippen LogP contribution in [0.2, 0.25) is 0 Å². The Kier molecular flexibility index (Phi) is 5.58. The summed E-state index contributed by atoms with van der Waals surface area (Å²) in [6, 6.07) is 17.9. The highest BCUT2D eigenvalue weighted by Crippen LogP contribution is 2.43. The summed E-state index contributed by atoms with van der Waals surface area (Å²) < 4.78 is 0. The lowest BCUT2D eigenvalue weighted by molar-refractivity contribution is 0.613. The van der Waals surface area contributed by atoms with Gasteiger partial charge in [0.1, 0.15) is 0 Å². The van der Waals surface area contributed by atoms with Crippen LogP contribution in [0.1, 0.15) is 61.8 Å². The van der Waals surface area contributed by atoms with Crippen LogP contribution in [0.5, 0.6) is 0 Å². The third-order valence-corrected chi connectivity index (χ3v) is 5.41. The zero-order valence-electron chi connectivity index (χ0n) is 16.1. The minimum Gasteiger partial charge on any atom is -0.0760 e. The van der Waals surface area contributed by atoms with E-state index in [0.29, 0.717) is 5.92 Å². The van der Waals surface area contributed by atoms with Crippen LogP contribution in [-0.2, 0) is 0 Å². The number of benzene rings is 2. The van der Waals surface area contributed by atoms with Crippen LogP contribution >= 0.6 is 0 Å². The second kappa shape index (κ2) is 7.87. The maximum Gasteiger partial charge on any atom is -0.0181 e. The molecule has 0 radical (unpaired) electrons. The van der Waals surface area contributed by atoms with E-state index in [9.17, 15) is 0 Å². The Labute approximate surface area is 153 Å². The Bertz CT molecular complexity index is 787. The number of aryl methyl sites for hydroxylation is 2. The van der Waals surface area contributed by atoms with E-state index >= 15 is 0 Å². The first kappa shape index (κ1) is 17.7. The lowest BCUT2D eigenvalue weighted by Crippen LogP contribution is -2.09. The molecule has 0 amide bonds. The van der Waals surface area contributed by atoms with Gasteiger partial charge < -0.3 is 0 Å². The van der Waals surface area contributed by atoms with E-state index in [1.165, 1.54) is 40.7 Å². The molecule has 0 bridgehead atoms. The van der Waals surface area contributed by atoms with Crippen LogP contribution in [0.25, 0.3) is 11.1 Å². The van der Waals surface area contributed by atoms with Crippen molar-refractivity contribution in [3.8, 4) is 0 Å². The summed E-state index contributed by atoms with van der Waals surface area (Å²) in [6.45, 7) is 9.11. The van der Waals surface area contributed by atoms with E-state index in [-0.39, 0.29) is 0 Å². The van der Waals surface area contributed by atoms with E-state index in [1.807, 2.05) is 0 Å². The molecule has 0 N–H and O–H groups in total. The number of rotatable bonds is 5. The normalized spacial score (nSPS) is 15.9. The van der Waals surface area contributed by atoms with Crippen molar-refractivity contribution in [3.05, 3.63) is 82.4 Å². The van der Waals surface area contributed by atoms with E-state index in [4.69, 9.17) is 0 Å². The van der Waals surface area contributed by atoms with E-state index in [1.54, 1.807) is 11.1 Å². The Morgan fingerprint density at radius 3 is 2.36 bits per heavy atom. The SMILES string of the molecule is CCCC(C)C1=C(c2ccccc2C)CCC=C1c1ccc(C)cc1. The molecule has 0 saturated carbocycles. The summed E-state index contributed by atoms with van der Waals surface area (Å²) in [5.41, 5.74) is 10.1. The van der Waals surface area contributed by atoms with E-state index < -0.39 is 0 Å². The fraction of sp³-hybridized carbons (Fsp3) is 0.360. The van der Waals surface area contributed by atoms with Crippen molar-refractivity contribution >= 4 is 11.1 Å². The molecule has 2 aromatic carbocycles. The highest BCUT2D eigenvalue weighted by atomic mass is 14.3. The quantitative estimate of drug-likeness (QED) is 0.537. The first-order valence-corrected chi connectivity index (χ1v) is 9.68. The first-order valence-electron chi connectivity index (χ1n) is 9.68. The van der Waals surface area contributed by atoms with Crippen LogP contribution in [0.4, 0.5) is 0 Å². The highest BCUT2D eigenvalue weighted by molar-refractivity contribution is 5.92. The Balaban J connectivity index is 2.16. The average Bonchev–Trinajstić information content (AvgIpc) is 2.62. The fourth-order valence-corrected chi connectivity index (χ4v) is 4.11. The monoisotopic (exact) mass is 330 g/mol. The molecule has 1 aliphatic rings. The van der Waals surface area contributed by atoms with Crippen LogP contribution in [0, 0.1) is 19.8 Å². The van der Waals surface area contributed by atoms with Gasteiger partial charge in [0.05, 0.1) is 0 Å². The molecule has 1 aliphatic carbocycles. The number of hydrogen-bond donors (Lipinski definition) is 0. The molecule has 1 atom stereocenters. The topological polar surface area (TPSA) is 0 Å². The standard InChI is InChI=1S/C25H30/c1-5-9-20(4)25-23(21-16-14-18(2)15-17-21)12-8-13-24(25)22-11-7-6-10-19(22)3/h6-7,10-12,14-17,20H,5,8-9,13H2,1-4H3. The van der Waals surface area contributed by atoms with Crippen molar-refractivity contribution in [2.24, 2.45) is 5.92 Å². The predicted octanol–water partition coefficient (Wildman–Crippen LogP) is 7.37. The molecule has 0 saturated heterocycles. The van der Waals surface area contributed by atoms with Gasteiger partial charge in [-0.2, -0.15) is 0 Å². The molecule has 25 heavy (non-hydrogen) atoms. The average molecular weight is 331 g/mol. The molecule has 130 valence electrons. The minimum atomic E-state index is 0.590. The maximum atomic E-state index is 2.47. The van der Waals surface area contributed by atoms with Gasteiger partial charge in [0.15, 0.2) is 0 Å². The van der Waals surface area contributed by atoms with Crippen LogP contribution in [0.3, 0.4) is 0 Å². The highest BCUT2D eigenvalue weighted by Gasteiger charge is 2.23. The van der Waals surface area contributed by atoms with E-state index in [2.05, 4.69) is 82.3 Å². The third kappa shape index (κ3) is 3.79. The summed E-state index contributed by atoms with van der Waals surface area (Å²) in [6.07, 6.45) is 7.23. The van der Waals surface area contributed by atoms with Crippen molar-refractivity contribution in [2.75, 3.05) is 0 Å². The molecule has 0 spiro atoms. The summed E-state index contributed by atoms with van der Waals surface area (Å²) >= 11 is 0. The van der Waals surface area contributed by atoms with Crippen molar-refractivity contribution < 1.29 is 0 Å². The number of allylic oxidation sites excluding steroid dienone is 4. The van der Waals surface area contributed by atoms with Crippen molar-refractivity contribution in [2.45, 2.75) is 53.4 Å². The summed E-state index contributed by atoms with van der Waals surface area (Å²) in [5.74, 6) is 0.590. The molecule has 0 aromatic heterocycles. The molecule has 0 aliphatic heterocycles. The molecule has 0 heterocycles. The van der Waals surface area contributed by atoms with Crippen molar-refractivity contribution in [1.29, 1.82) is 0 Å². The lowest BCUT2D eigenvalue weighted by atomic mass is 9.76. The zero-order valence-corrected chi connectivity index (χ0v) is 16.1. The van der Waals surface area contributed by atoms with Gasteiger partial charge in [-0.1, -0.05) is 80.4 Å². The molecule has 2 aromatic rings. The predicted molar refractivity (Wildman–Crippen MR) is 111 cm³/mol. The lowest BCUT2D eigenvalue weighted by Gasteiger charge is -2.28. The Morgan fingerprint density at radius 2 is 1.68 bits per heavy atom. The van der Waals surface area contributed by atoms with E-state index in [0.717, 1.165) is 12.8 Å². The second-order valence-electron chi connectivity index (χ2n) is 7.42. The summed E-state index contributed by atoms with van der Waals surface area (Å²) in [4.78, 5) is 0. The van der Waals surface area contributed by atoms with Gasteiger partial charge >= 0.3 is 0 Å². The second-order valence-corrected chi connectivity index (χ2v) is 7.42. The summed E-state index contributed by atoms with van der Waals surface area (Å²) in [5, 5.41) is 0. The third-order valence-electron chi connectivity index (χ3n) is 5.41. The van der Waals surface area contributed by atoms with Gasteiger partial charge in [-0.3, -0.25) is 0 Å². The zero-order chi connectivity index (χ0) is 17.8. The molecule has 0 fully saturated rings. The van der Waals surface area contributed by atoms with Gasteiger partial charge in [-0.05, 0) is 72.4 Å². The van der Waals surface area contributed by atoms with Crippen LogP contribution < -0.4 is 0 Å². The van der Waals surface area contributed by atoms with Gasteiger partial charge in [0.25, 0.3) is 0 Å². The largest absolute Gasteiger partial charge is 0.0760 e. The van der Waals surface area contributed by atoms with Gasteiger partial charge in [-0.25, -0.2) is 0 Å². The van der Waals surface area contributed by atoms with Crippen LogP contribution in [-0.4, -0.2) is 0 Å². The van der Waals surface area contributed by atoms with Gasteiger partial charge in [0.2, 0.25) is 0 Å². The van der Waals surface area contributed by atoms with Crippen molar-refractivity contribution in [1.82, 2.24) is 0 Å². The first-order chi connectivity index (χ1) is 12.1. The van der Waals surface area contributed by atoms with Gasteiger partial charge in [-0.15, -0.1) is 0 Å². The van der Waals surface area contributed by atoms with Crippen LogP contribution in [0.15, 0.2) is 60.2 Å². The maximum absolute atomic E-state index is 2.47. The Hall–Kier alpha value is -2.08. The smallest absolute Gasteiger partial charge is 0.0181 e. The molecule has 0 nitrogen and oxygen atoms in total.